The Morgan fingerprint density at radius 3 is 2.95 bits per heavy atom. The third-order valence-electron chi connectivity index (χ3n) is 2.80. The van der Waals surface area contributed by atoms with Gasteiger partial charge in [0.05, 0.1) is 23.0 Å². The predicted molar refractivity (Wildman–Crippen MR) is 76.6 cm³/mol. The highest BCUT2D eigenvalue weighted by molar-refractivity contribution is 7.09. The van der Waals surface area contributed by atoms with Gasteiger partial charge in [-0.2, -0.15) is 0 Å². The van der Waals surface area contributed by atoms with Crippen molar-refractivity contribution in [3.05, 3.63) is 40.3 Å². The average molecular weight is 277 g/mol. The van der Waals surface area contributed by atoms with Crippen molar-refractivity contribution in [1.82, 2.24) is 4.98 Å². The van der Waals surface area contributed by atoms with Gasteiger partial charge in [-0.05, 0) is 18.6 Å². The Labute approximate surface area is 115 Å². The van der Waals surface area contributed by atoms with E-state index in [2.05, 4.69) is 10.3 Å². The lowest BCUT2D eigenvalue weighted by Crippen LogP contribution is -2.14. The van der Waals surface area contributed by atoms with Crippen LogP contribution < -0.4 is 11.1 Å². The molecule has 0 saturated carbocycles. The van der Waals surface area contributed by atoms with Crippen LogP contribution >= 0.6 is 11.3 Å². The van der Waals surface area contributed by atoms with E-state index >= 15 is 0 Å². The summed E-state index contributed by atoms with van der Waals surface area (Å²) in [5, 5.41) is 15.2. The molecule has 1 atom stereocenters. The van der Waals surface area contributed by atoms with Crippen LogP contribution in [-0.2, 0) is 0 Å². The Morgan fingerprint density at radius 1 is 1.58 bits per heavy atom. The molecule has 1 aromatic heterocycles. The zero-order valence-corrected chi connectivity index (χ0v) is 11.3. The molecule has 0 fully saturated rings. The molecule has 5 nitrogen and oxygen atoms in total. The molecule has 0 aliphatic heterocycles. The SMILES string of the molecule is CCC(Nc1c(N)cccc1C(=O)O)c1nccs1. The molecular formula is C13H15N3O2S. The molecule has 6 heteroatoms. The number of aromatic carboxylic acids is 1. The number of carboxylic acid groups (broad SMARTS) is 1. The molecule has 0 bridgehead atoms. The van der Waals surface area contributed by atoms with Gasteiger partial charge in [0.15, 0.2) is 0 Å². The van der Waals surface area contributed by atoms with Gasteiger partial charge in [-0.1, -0.05) is 13.0 Å². The van der Waals surface area contributed by atoms with Crippen LogP contribution in [0.3, 0.4) is 0 Å². The van der Waals surface area contributed by atoms with Crippen molar-refractivity contribution >= 4 is 28.7 Å². The minimum absolute atomic E-state index is 0.0391. The number of hydrogen-bond donors (Lipinski definition) is 3. The van der Waals surface area contributed by atoms with Crippen LogP contribution in [0.4, 0.5) is 11.4 Å². The van der Waals surface area contributed by atoms with Crippen molar-refractivity contribution in [1.29, 1.82) is 0 Å². The lowest BCUT2D eigenvalue weighted by molar-refractivity contribution is 0.0698. The van der Waals surface area contributed by atoms with Gasteiger partial charge in [0.2, 0.25) is 0 Å². The van der Waals surface area contributed by atoms with Crippen LogP contribution in [0.15, 0.2) is 29.8 Å². The molecular weight excluding hydrogens is 262 g/mol. The van der Waals surface area contributed by atoms with Crippen LogP contribution in [0.5, 0.6) is 0 Å². The fraction of sp³-hybridized carbons (Fsp3) is 0.231. The maximum Gasteiger partial charge on any atom is 0.337 e. The largest absolute Gasteiger partial charge is 0.478 e. The van der Waals surface area contributed by atoms with Crippen molar-refractivity contribution < 1.29 is 9.90 Å². The number of nitrogens with zero attached hydrogens (tertiary/aromatic N) is 1. The van der Waals surface area contributed by atoms with E-state index in [9.17, 15) is 9.90 Å². The molecule has 1 aromatic carbocycles. The van der Waals surface area contributed by atoms with Crippen LogP contribution in [0.2, 0.25) is 0 Å². The van der Waals surface area contributed by atoms with Crippen molar-refractivity contribution in [2.75, 3.05) is 11.1 Å². The molecule has 4 N–H and O–H groups in total. The summed E-state index contributed by atoms with van der Waals surface area (Å²) in [6.45, 7) is 2.01. The zero-order chi connectivity index (χ0) is 13.8. The molecule has 0 aliphatic rings. The number of rotatable bonds is 5. The van der Waals surface area contributed by atoms with Crippen molar-refractivity contribution in [3.63, 3.8) is 0 Å². The number of aromatic nitrogens is 1. The van der Waals surface area contributed by atoms with Gasteiger partial charge in [-0.25, -0.2) is 9.78 Å². The highest BCUT2D eigenvalue weighted by Gasteiger charge is 2.18. The molecule has 1 unspecified atom stereocenters. The Balaban J connectivity index is 2.34. The summed E-state index contributed by atoms with van der Waals surface area (Å²) in [7, 11) is 0. The molecule has 0 amide bonds. The summed E-state index contributed by atoms with van der Waals surface area (Å²) in [4.78, 5) is 15.5. The topological polar surface area (TPSA) is 88.2 Å². The molecule has 0 aliphatic carbocycles. The first kappa shape index (κ1) is 13.4. The minimum atomic E-state index is -0.996. The summed E-state index contributed by atoms with van der Waals surface area (Å²) in [6, 6.07) is 4.82. The third-order valence-corrected chi connectivity index (χ3v) is 3.69. The van der Waals surface area contributed by atoms with E-state index in [0.29, 0.717) is 11.4 Å². The smallest absolute Gasteiger partial charge is 0.337 e. The number of nitrogens with two attached hydrogens (primary N) is 1. The summed E-state index contributed by atoms with van der Waals surface area (Å²) in [5.41, 5.74) is 6.93. The molecule has 1 heterocycles. The first-order valence-corrected chi connectivity index (χ1v) is 6.79. The Kier molecular flexibility index (Phi) is 4.01. The van der Waals surface area contributed by atoms with Crippen LogP contribution in [-0.4, -0.2) is 16.1 Å². The number of carboxylic acids is 1. The molecule has 100 valence electrons. The zero-order valence-electron chi connectivity index (χ0n) is 10.5. The monoisotopic (exact) mass is 277 g/mol. The fourth-order valence-electron chi connectivity index (χ4n) is 1.83. The maximum absolute atomic E-state index is 11.2. The van der Waals surface area contributed by atoms with Gasteiger partial charge in [-0.15, -0.1) is 11.3 Å². The Bertz CT molecular complexity index is 569. The predicted octanol–water partition coefficient (Wildman–Crippen LogP) is 2.99. The molecule has 0 radical (unpaired) electrons. The number of para-hydroxylation sites is 1. The minimum Gasteiger partial charge on any atom is -0.478 e. The summed E-state index contributed by atoms with van der Waals surface area (Å²) in [5.74, 6) is -0.996. The molecule has 2 rings (SSSR count). The van der Waals surface area contributed by atoms with E-state index in [4.69, 9.17) is 5.73 Å². The normalized spacial score (nSPS) is 12.1. The average Bonchev–Trinajstić information content (AvgIpc) is 2.90. The first-order valence-electron chi connectivity index (χ1n) is 5.91. The molecule has 2 aromatic rings. The Morgan fingerprint density at radius 2 is 2.37 bits per heavy atom. The lowest BCUT2D eigenvalue weighted by Gasteiger charge is -2.19. The highest BCUT2D eigenvalue weighted by Crippen LogP contribution is 2.30. The highest BCUT2D eigenvalue weighted by atomic mass is 32.1. The second-order valence-electron chi connectivity index (χ2n) is 4.05. The van der Waals surface area contributed by atoms with E-state index < -0.39 is 5.97 Å². The summed E-state index contributed by atoms with van der Waals surface area (Å²) in [6.07, 6.45) is 2.53. The number of hydrogen-bond acceptors (Lipinski definition) is 5. The summed E-state index contributed by atoms with van der Waals surface area (Å²) < 4.78 is 0. The number of carbonyl (C=O) groups is 1. The second-order valence-corrected chi connectivity index (χ2v) is 4.98. The second kappa shape index (κ2) is 5.71. The van der Waals surface area contributed by atoms with E-state index in [1.807, 2.05) is 12.3 Å². The third kappa shape index (κ3) is 2.85. The van der Waals surface area contributed by atoms with Gasteiger partial charge in [0, 0.05) is 11.6 Å². The number of benzene rings is 1. The standard InChI is InChI=1S/C13H15N3O2S/c1-2-10(12-15-6-7-19-12)16-11-8(13(17)18)4-3-5-9(11)14/h3-7,10,16H,2,14H2,1H3,(H,17,18). The van der Waals surface area contributed by atoms with Gasteiger partial charge < -0.3 is 16.2 Å². The fourth-order valence-corrected chi connectivity index (χ4v) is 2.60. The van der Waals surface area contributed by atoms with Crippen LogP contribution in [0, 0.1) is 0 Å². The lowest BCUT2D eigenvalue weighted by atomic mass is 10.1. The van der Waals surface area contributed by atoms with E-state index in [0.717, 1.165) is 11.4 Å². The number of anilines is 2. The van der Waals surface area contributed by atoms with Gasteiger partial charge in [0.1, 0.15) is 5.01 Å². The summed E-state index contributed by atoms with van der Waals surface area (Å²) >= 11 is 1.53. The maximum atomic E-state index is 11.2. The number of nitrogen functional groups attached to an aromatic ring is 1. The quantitative estimate of drug-likeness (QED) is 0.731. The van der Waals surface area contributed by atoms with Crippen molar-refractivity contribution in [2.24, 2.45) is 0 Å². The van der Waals surface area contributed by atoms with Gasteiger partial charge in [-0.3, -0.25) is 0 Å². The molecule has 0 spiro atoms. The van der Waals surface area contributed by atoms with E-state index in [1.54, 1.807) is 18.3 Å². The molecule has 0 saturated heterocycles. The van der Waals surface area contributed by atoms with Crippen molar-refractivity contribution in [2.45, 2.75) is 19.4 Å². The van der Waals surface area contributed by atoms with Crippen molar-refractivity contribution in [3.8, 4) is 0 Å². The van der Waals surface area contributed by atoms with Gasteiger partial charge in [0.25, 0.3) is 0 Å². The van der Waals surface area contributed by atoms with Crippen LogP contribution in [0.25, 0.3) is 0 Å². The van der Waals surface area contributed by atoms with Gasteiger partial charge >= 0.3 is 5.97 Å². The van der Waals surface area contributed by atoms with E-state index in [1.165, 1.54) is 17.4 Å². The van der Waals surface area contributed by atoms with E-state index in [-0.39, 0.29) is 11.6 Å². The molecule has 19 heavy (non-hydrogen) atoms. The van der Waals surface area contributed by atoms with Crippen LogP contribution in [0.1, 0.15) is 34.8 Å². The number of thiazole rings is 1. The Hall–Kier alpha value is -2.08. The number of nitrogens with one attached hydrogen (secondary N) is 1. The first-order chi connectivity index (χ1) is 9.13.